The van der Waals surface area contributed by atoms with Crippen molar-refractivity contribution in [2.24, 2.45) is 12.9 Å². The highest BCUT2D eigenvalue weighted by Gasteiger charge is 2.16. The van der Waals surface area contributed by atoms with Gasteiger partial charge in [0.1, 0.15) is 0 Å². The molecule has 0 aliphatic rings. The molecule has 5 heteroatoms. The molecular weight excluding hydrogens is 248 g/mol. The van der Waals surface area contributed by atoms with Crippen molar-refractivity contribution in [1.29, 1.82) is 0 Å². The zero-order chi connectivity index (χ0) is 13.1. The van der Waals surface area contributed by atoms with Crippen LogP contribution in [0.25, 0.3) is 0 Å². The molecule has 1 heterocycles. The molecule has 0 aliphatic heterocycles. The van der Waals surface area contributed by atoms with E-state index in [0.717, 1.165) is 28.4 Å². The zero-order valence-corrected chi connectivity index (χ0v) is 11.3. The number of rotatable bonds is 4. The van der Waals surface area contributed by atoms with Gasteiger partial charge in [-0.1, -0.05) is 29.8 Å². The highest BCUT2D eigenvalue weighted by Crippen LogP contribution is 2.23. The van der Waals surface area contributed by atoms with Gasteiger partial charge in [0, 0.05) is 12.1 Å². The number of aryl methyl sites for hydroxylation is 2. The summed E-state index contributed by atoms with van der Waals surface area (Å²) < 4.78 is 1.84. The molecule has 2 aromatic rings. The van der Waals surface area contributed by atoms with Gasteiger partial charge >= 0.3 is 0 Å². The van der Waals surface area contributed by atoms with Gasteiger partial charge < -0.3 is 0 Å². The van der Waals surface area contributed by atoms with Crippen molar-refractivity contribution >= 4 is 11.6 Å². The summed E-state index contributed by atoms with van der Waals surface area (Å²) in [7, 11) is 1.92. The number of hydrogen-bond donors (Lipinski definition) is 2. The van der Waals surface area contributed by atoms with E-state index in [2.05, 4.69) is 10.5 Å². The van der Waals surface area contributed by atoms with Gasteiger partial charge in [-0.3, -0.25) is 16.0 Å². The summed E-state index contributed by atoms with van der Waals surface area (Å²) in [5, 5.41) is 5.09. The van der Waals surface area contributed by atoms with Crippen LogP contribution in [0.1, 0.15) is 23.0 Å². The molecule has 96 valence electrons. The number of nitrogens with one attached hydrogen (secondary N) is 1. The van der Waals surface area contributed by atoms with Crippen LogP contribution >= 0.6 is 11.6 Å². The molecule has 3 N–H and O–H groups in total. The fraction of sp³-hybridized carbons (Fsp3) is 0.308. The first-order valence-electron chi connectivity index (χ1n) is 5.82. The van der Waals surface area contributed by atoms with Gasteiger partial charge in [0.25, 0.3) is 0 Å². The Labute approximate surface area is 112 Å². The topological polar surface area (TPSA) is 55.9 Å². The van der Waals surface area contributed by atoms with Crippen molar-refractivity contribution in [3.8, 4) is 0 Å². The zero-order valence-electron chi connectivity index (χ0n) is 10.5. The van der Waals surface area contributed by atoms with Crippen molar-refractivity contribution in [2.45, 2.75) is 19.4 Å². The van der Waals surface area contributed by atoms with Gasteiger partial charge in [-0.25, -0.2) is 0 Å². The van der Waals surface area contributed by atoms with Crippen molar-refractivity contribution in [2.75, 3.05) is 0 Å². The lowest BCUT2D eigenvalue weighted by Crippen LogP contribution is -2.31. The van der Waals surface area contributed by atoms with E-state index in [1.54, 1.807) is 0 Å². The highest BCUT2D eigenvalue weighted by molar-refractivity contribution is 6.31. The molecule has 1 unspecified atom stereocenters. The average molecular weight is 265 g/mol. The molecule has 1 atom stereocenters. The maximum Gasteiger partial charge on any atom is 0.0669 e. The van der Waals surface area contributed by atoms with Gasteiger partial charge in [0.05, 0.1) is 17.4 Å². The largest absolute Gasteiger partial charge is 0.271 e. The van der Waals surface area contributed by atoms with Gasteiger partial charge in [-0.15, -0.1) is 0 Å². The Hall–Kier alpha value is -1.36. The van der Waals surface area contributed by atoms with E-state index in [9.17, 15) is 0 Å². The first kappa shape index (κ1) is 13.1. The molecule has 0 saturated carbocycles. The molecule has 1 aromatic heterocycles. The van der Waals surface area contributed by atoms with E-state index in [1.165, 1.54) is 0 Å². The summed E-state index contributed by atoms with van der Waals surface area (Å²) in [5.41, 5.74) is 5.93. The first-order chi connectivity index (χ1) is 8.61. The SMILES string of the molecule is Cc1cc(C(Cc2ccccc2Cl)NN)n(C)n1. The smallest absolute Gasteiger partial charge is 0.0669 e. The van der Waals surface area contributed by atoms with Crippen LogP contribution < -0.4 is 11.3 Å². The Morgan fingerprint density at radius 2 is 2.17 bits per heavy atom. The minimum absolute atomic E-state index is 0.00361. The van der Waals surface area contributed by atoms with Crippen LogP contribution in [0, 0.1) is 6.92 Å². The molecule has 18 heavy (non-hydrogen) atoms. The highest BCUT2D eigenvalue weighted by atomic mass is 35.5. The molecule has 0 amide bonds. The van der Waals surface area contributed by atoms with Crippen LogP contribution in [-0.4, -0.2) is 9.78 Å². The second kappa shape index (κ2) is 5.52. The predicted octanol–water partition coefficient (Wildman–Crippen LogP) is 2.13. The lowest BCUT2D eigenvalue weighted by atomic mass is 10.0. The molecule has 2 rings (SSSR count). The van der Waals surface area contributed by atoms with Crippen LogP contribution in [-0.2, 0) is 13.5 Å². The summed E-state index contributed by atoms with van der Waals surface area (Å²) in [6.07, 6.45) is 0.731. The second-order valence-electron chi connectivity index (χ2n) is 4.35. The molecule has 4 nitrogen and oxygen atoms in total. The lowest BCUT2D eigenvalue weighted by molar-refractivity contribution is 0.508. The molecule has 0 aliphatic carbocycles. The minimum Gasteiger partial charge on any atom is -0.271 e. The number of benzene rings is 1. The van der Waals surface area contributed by atoms with Crippen LogP contribution in [0.4, 0.5) is 0 Å². The summed E-state index contributed by atoms with van der Waals surface area (Å²) >= 11 is 6.17. The molecule has 0 bridgehead atoms. The fourth-order valence-corrected chi connectivity index (χ4v) is 2.30. The fourth-order valence-electron chi connectivity index (χ4n) is 2.09. The summed E-state index contributed by atoms with van der Waals surface area (Å²) in [5.74, 6) is 5.65. The van der Waals surface area contributed by atoms with E-state index >= 15 is 0 Å². The Kier molecular flexibility index (Phi) is 4.01. The van der Waals surface area contributed by atoms with Crippen LogP contribution in [0.5, 0.6) is 0 Å². The summed E-state index contributed by atoms with van der Waals surface area (Å²) in [6, 6.07) is 9.82. The third-order valence-electron chi connectivity index (χ3n) is 2.98. The molecule has 0 spiro atoms. The molecule has 1 aromatic carbocycles. The third-order valence-corrected chi connectivity index (χ3v) is 3.35. The van der Waals surface area contributed by atoms with Gasteiger partial charge in [-0.2, -0.15) is 5.10 Å². The van der Waals surface area contributed by atoms with Gasteiger partial charge in [-0.05, 0) is 31.0 Å². The standard InChI is InChI=1S/C13H17ClN4/c1-9-7-13(18(2)17-9)12(16-15)8-10-5-3-4-6-11(10)14/h3-7,12,16H,8,15H2,1-2H3. The van der Waals surface area contributed by atoms with Gasteiger partial charge in [0.2, 0.25) is 0 Å². The number of nitrogens with two attached hydrogens (primary N) is 1. The van der Waals surface area contributed by atoms with E-state index in [4.69, 9.17) is 17.4 Å². The van der Waals surface area contributed by atoms with Crippen molar-refractivity contribution in [3.05, 3.63) is 52.3 Å². The number of halogens is 1. The van der Waals surface area contributed by atoms with E-state index in [-0.39, 0.29) is 6.04 Å². The van der Waals surface area contributed by atoms with Crippen molar-refractivity contribution < 1.29 is 0 Å². The molecule has 0 fully saturated rings. The normalized spacial score (nSPS) is 12.7. The average Bonchev–Trinajstić information content (AvgIpc) is 2.67. The number of aromatic nitrogens is 2. The first-order valence-corrected chi connectivity index (χ1v) is 6.19. The summed E-state index contributed by atoms with van der Waals surface area (Å²) in [6.45, 7) is 1.96. The molecular formula is C13H17ClN4. The number of hydrazine groups is 1. The van der Waals surface area contributed by atoms with Crippen LogP contribution in [0.2, 0.25) is 5.02 Å². The molecule has 0 saturated heterocycles. The lowest BCUT2D eigenvalue weighted by Gasteiger charge is -2.16. The van der Waals surface area contributed by atoms with Crippen LogP contribution in [0.15, 0.2) is 30.3 Å². The Balaban J connectivity index is 2.25. The minimum atomic E-state index is -0.00361. The Bertz CT molecular complexity index is 536. The monoisotopic (exact) mass is 264 g/mol. The summed E-state index contributed by atoms with van der Waals surface area (Å²) in [4.78, 5) is 0. The number of nitrogens with zero attached hydrogens (tertiary/aromatic N) is 2. The quantitative estimate of drug-likeness (QED) is 0.657. The van der Waals surface area contributed by atoms with E-state index in [1.807, 2.05) is 49.0 Å². The Morgan fingerprint density at radius 3 is 2.72 bits per heavy atom. The van der Waals surface area contributed by atoms with Crippen molar-refractivity contribution in [3.63, 3.8) is 0 Å². The Morgan fingerprint density at radius 1 is 1.44 bits per heavy atom. The van der Waals surface area contributed by atoms with Crippen LogP contribution in [0.3, 0.4) is 0 Å². The maximum absolute atomic E-state index is 6.17. The predicted molar refractivity (Wildman–Crippen MR) is 73.2 cm³/mol. The van der Waals surface area contributed by atoms with Gasteiger partial charge in [0.15, 0.2) is 0 Å². The second-order valence-corrected chi connectivity index (χ2v) is 4.76. The third kappa shape index (κ3) is 2.72. The van der Waals surface area contributed by atoms with E-state index < -0.39 is 0 Å². The van der Waals surface area contributed by atoms with Crippen molar-refractivity contribution in [1.82, 2.24) is 15.2 Å². The number of hydrogen-bond acceptors (Lipinski definition) is 3. The van der Waals surface area contributed by atoms with E-state index in [0.29, 0.717) is 0 Å². The molecule has 0 radical (unpaired) electrons. The maximum atomic E-state index is 6.17.